The van der Waals surface area contributed by atoms with Crippen molar-refractivity contribution in [1.82, 2.24) is 4.90 Å². The van der Waals surface area contributed by atoms with Crippen molar-refractivity contribution in [2.75, 3.05) is 18.0 Å². The van der Waals surface area contributed by atoms with Crippen molar-refractivity contribution in [1.29, 1.82) is 0 Å². The number of piperidine rings is 1. The number of hydrogen-bond acceptors (Lipinski definition) is 5. The quantitative estimate of drug-likeness (QED) is 0.583. The molecule has 2 aliphatic rings. The summed E-state index contributed by atoms with van der Waals surface area (Å²) in [5.74, 6) is -0.610. The molecule has 36 heavy (non-hydrogen) atoms. The van der Waals surface area contributed by atoms with Crippen molar-refractivity contribution in [2.45, 2.75) is 51.4 Å². The van der Waals surface area contributed by atoms with E-state index in [9.17, 15) is 24.6 Å². The van der Waals surface area contributed by atoms with Gasteiger partial charge in [-0.15, -0.1) is 0 Å². The zero-order valence-electron chi connectivity index (χ0n) is 20.5. The molecule has 0 aromatic heterocycles. The molecule has 9 nitrogen and oxygen atoms in total. The zero-order chi connectivity index (χ0) is 26.0. The highest BCUT2D eigenvalue weighted by molar-refractivity contribution is 6.03. The second-order valence-electron chi connectivity index (χ2n) is 9.86. The Balaban J connectivity index is 1.49. The number of aromatic carboxylic acids is 1. The second kappa shape index (κ2) is 9.93. The molecule has 1 fully saturated rings. The minimum absolute atomic E-state index is 0.0756. The number of benzene rings is 2. The molecule has 2 N–H and O–H groups in total. The van der Waals surface area contributed by atoms with Crippen LogP contribution in [0.4, 0.5) is 15.3 Å². The van der Waals surface area contributed by atoms with Crippen LogP contribution in [0.15, 0.2) is 48.5 Å². The first-order valence-corrected chi connectivity index (χ1v) is 11.8. The van der Waals surface area contributed by atoms with Crippen LogP contribution in [-0.2, 0) is 4.74 Å². The lowest BCUT2D eigenvalue weighted by Crippen LogP contribution is -2.44. The first kappa shape index (κ1) is 25.1. The van der Waals surface area contributed by atoms with E-state index < -0.39 is 23.7 Å². The molecule has 0 saturated carbocycles. The van der Waals surface area contributed by atoms with Crippen molar-refractivity contribution in [3.05, 3.63) is 65.2 Å². The zero-order valence-corrected chi connectivity index (χ0v) is 20.5. The molecule has 2 amide bonds. The number of fused-ring (bicyclic) bond motifs is 1. The molecule has 0 aliphatic carbocycles. The van der Waals surface area contributed by atoms with Crippen molar-refractivity contribution in [3.63, 3.8) is 0 Å². The maximum Gasteiger partial charge on any atom is 0.412 e. The van der Waals surface area contributed by atoms with Gasteiger partial charge in [-0.25, -0.2) is 14.4 Å². The van der Waals surface area contributed by atoms with Crippen LogP contribution in [0.1, 0.15) is 61.1 Å². The van der Waals surface area contributed by atoms with E-state index in [-0.39, 0.29) is 23.4 Å². The molecule has 0 spiro atoms. The van der Waals surface area contributed by atoms with Crippen LogP contribution in [-0.4, -0.2) is 58.1 Å². The van der Waals surface area contributed by atoms with Gasteiger partial charge in [0.15, 0.2) is 0 Å². The number of likely N-dealkylation sites (tertiary alicyclic amines) is 1. The Morgan fingerprint density at radius 3 is 2.33 bits per heavy atom. The Labute approximate surface area is 209 Å². The number of carboxylic acid groups (broad SMARTS) is 2. The molecule has 1 saturated heterocycles. The number of nitrogens with zero attached hydrogens (tertiary/aromatic N) is 2. The fourth-order valence-electron chi connectivity index (χ4n) is 4.48. The summed E-state index contributed by atoms with van der Waals surface area (Å²) >= 11 is 0. The van der Waals surface area contributed by atoms with Gasteiger partial charge in [0.2, 0.25) is 0 Å². The van der Waals surface area contributed by atoms with E-state index in [1.807, 2.05) is 20.8 Å². The lowest BCUT2D eigenvalue weighted by atomic mass is 9.95. The van der Waals surface area contributed by atoms with Crippen molar-refractivity contribution in [2.24, 2.45) is 0 Å². The molecule has 1 atom stereocenters. The fraction of sp³-hybridized carbons (Fsp3) is 0.370. The Morgan fingerprint density at radius 1 is 1.00 bits per heavy atom. The van der Waals surface area contributed by atoms with Crippen molar-refractivity contribution in [3.8, 4) is 5.75 Å². The van der Waals surface area contributed by atoms with Gasteiger partial charge in [0.1, 0.15) is 17.5 Å². The molecule has 4 rings (SSSR count). The van der Waals surface area contributed by atoms with Crippen LogP contribution in [0, 0.1) is 0 Å². The van der Waals surface area contributed by atoms with E-state index >= 15 is 0 Å². The molecule has 2 aromatic carbocycles. The summed E-state index contributed by atoms with van der Waals surface area (Å²) in [6.45, 7) is 6.55. The van der Waals surface area contributed by atoms with Gasteiger partial charge in [0, 0.05) is 25.9 Å². The summed E-state index contributed by atoms with van der Waals surface area (Å²) in [6, 6.07) is 11.1. The van der Waals surface area contributed by atoms with Gasteiger partial charge in [-0.3, -0.25) is 4.90 Å². The predicted molar refractivity (Wildman–Crippen MR) is 134 cm³/mol. The number of hydrogen-bond donors (Lipinski definition) is 2. The highest BCUT2D eigenvalue weighted by atomic mass is 16.6. The number of amides is 2. The summed E-state index contributed by atoms with van der Waals surface area (Å²) < 4.78 is 11.6. The summed E-state index contributed by atoms with van der Waals surface area (Å²) in [5.41, 5.74) is 0.703. The van der Waals surface area contributed by atoms with Crippen LogP contribution in [0.5, 0.6) is 5.75 Å². The van der Waals surface area contributed by atoms with Gasteiger partial charge in [0.05, 0.1) is 17.3 Å². The van der Waals surface area contributed by atoms with Gasteiger partial charge in [-0.1, -0.05) is 36.4 Å². The third kappa shape index (κ3) is 5.45. The van der Waals surface area contributed by atoms with Crippen LogP contribution in [0.2, 0.25) is 0 Å². The van der Waals surface area contributed by atoms with E-state index in [4.69, 9.17) is 9.47 Å². The Bertz CT molecular complexity index is 1190. The molecule has 2 aliphatic heterocycles. The van der Waals surface area contributed by atoms with Gasteiger partial charge in [0.25, 0.3) is 0 Å². The minimum Gasteiger partial charge on any atom is -0.490 e. The average molecular weight is 495 g/mol. The van der Waals surface area contributed by atoms with Crippen molar-refractivity contribution >= 4 is 29.9 Å². The van der Waals surface area contributed by atoms with Crippen LogP contribution in [0.3, 0.4) is 0 Å². The first-order chi connectivity index (χ1) is 17.0. The number of anilines is 1. The monoisotopic (exact) mass is 494 g/mol. The molecule has 1 unspecified atom stereocenters. The van der Waals surface area contributed by atoms with Crippen molar-refractivity contribution < 1.29 is 34.1 Å². The number of carbonyl (C=O) groups is 3. The normalized spacial score (nSPS) is 17.9. The van der Waals surface area contributed by atoms with E-state index in [0.717, 1.165) is 4.90 Å². The number of carbonyl (C=O) groups excluding carboxylic acids is 1. The molecular formula is C27H30N2O7. The van der Waals surface area contributed by atoms with Crippen LogP contribution < -0.4 is 9.64 Å². The smallest absolute Gasteiger partial charge is 0.412 e. The average Bonchev–Trinajstić information content (AvgIpc) is 2.82. The molecule has 0 bridgehead atoms. The Hall–Kier alpha value is -4.01. The molecule has 190 valence electrons. The summed E-state index contributed by atoms with van der Waals surface area (Å²) in [4.78, 5) is 39.1. The molecule has 9 heteroatoms. The number of rotatable bonds is 4. The fourth-order valence-corrected chi connectivity index (χ4v) is 4.48. The van der Waals surface area contributed by atoms with Gasteiger partial charge in [-0.05, 0) is 50.1 Å². The van der Waals surface area contributed by atoms with E-state index in [1.165, 1.54) is 6.07 Å². The third-order valence-corrected chi connectivity index (χ3v) is 6.08. The number of ether oxygens (including phenoxy) is 2. The summed E-state index contributed by atoms with van der Waals surface area (Å²) in [6.07, 6.45) is 3.08. The number of para-hydroxylation sites is 1. The van der Waals surface area contributed by atoms with Gasteiger partial charge in [-0.2, -0.15) is 0 Å². The molecule has 2 heterocycles. The second-order valence-corrected chi connectivity index (χ2v) is 9.86. The van der Waals surface area contributed by atoms with E-state index in [2.05, 4.69) is 0 Å². The Kier molecular flexibility index (Phi) is 6.92. The molecular weight excluding hydrogens is 464 g/mol. The largest absolute Gasteiger partial charge is 0.490 e. The highest BCUT2D eigenvalue weighted by Gasteiger charge is 2.33. The Morgan fingerprint density at radius 2 is 1.69 bits per heavy atom. The topological polar surface area (TPSA) is 117 Å². The number of carboxylic acids is 1. The third-order valence-electron chi connectivity index (χ3n) is 6.08. The van der Waals surface area contributed by atoms with E-state index in [0.29, 0.717) is 42.8 Å². The highest BCUT2D eigenvalue weighted by Crippen LogP contribution is 2.39. The lowest BCUT2D eigenvalue weighted by Gasteiger charge is -2.34. The first-order valence-electron chi connectivity index (χ1n) is 11.8. The van der Waals surface area contributed by atoms with Crippen LogP contribution in [0.25, 0.3) is 6.08 Å². The molecule has 2 aromatic rings. The summed E-state index contributed by atoms with van der Waals surface area (Å²) in [7, 11) is 0. The van der Waals surface area contributed by atoms with Crippen LogP contribution >= 0.6 is 0 Å². The maximum absolute atomic E-state index is 12.3. The van der Waals surface area contributed by atoms with E-state index in [1.54, 1.807) is 53.5 Å². The van der Waals surface area contributed by atoms with Gasteiger partial charge < -0.3 is 24.6 Å². The lowest BCUT2D eigenvalue weighted by molar-refractivity contribution is 0.0126. The summed E-state index contributed by atoms with van der Waals surface area (Å²) in [5, 5.41) is 19.7. The standard InChI is InChI=1S/C27H30N2O7/c1-27(2,3)36-26(34)28-14-12-19(13-15-28)35-20-8-4-7-18(16-20)22-11-10-17-6-5-9-21(24(30)31)23(17)29(22)25(32)33/h4-11,16,19,22H,12-15H2,1-3H3,(H,30,31)(H,32,33). The molecule has 0 radical (unpaired) electrons. The predicted octanol–water partition coefficient (Wildman–Crippen LogP) is 5.42. The maximum atomic E-state index is 12.3. The van der Waals surface area contributed by atoms with Gasteiger partial charge >= 0.3 is 18.2 Å². The SMILES string of the molecule is CC(C)(C)OC(=O)N1CCC(Oc2cccc(C3C=Cc4cccc(C(=O)O)c4N3C(=O)O)c2)CC1. The minimum atomic E-state index is -1.25.